The van der Waals surface area contributed by atoms with Crippen molar-refractivity contribution in [2.75, 3.05) is 26.3 Å². The van der Waals surface area contributed by atoms with Gasteiger partial charge < -0.3 is 9.47 Å². The highest BCUT2D eigenvalue weighted by Crippen LogP contribution is 2.26. The van der Waals surface area contributed by atoms with Crippen LogP contribution in [0.15, 0.2) is 53.4 Å². The molecule has 146 valence electrons. The molecule has 0 spiro atoms. The van der Waals surface area contributed by atoms with Crippen LogP contribution in [0.2, 0.25) is 0 Å². The Hall–Kier alpha value is -2.12. The summed E-state index contributed by atoms with van der Waals surface area (Å²) in [6, 6.07) is 12.8. The van der Waals surface area contributed by atoms with Gasteiger partial charge in [-0.25, -0.2) is 12.8 Å². The van der Waals surface area contributed by atoms with Crippen LogP contribution in [0.1, 0.15) is 19.8 Å². The molecule has 0 aromatic heterocycles. The van der Waals surface area contributed by atoms with Gasteiger partial charge in [0.1, 0.15) is 5.75 Å². The molecule has 0 N–H and O–H groups in total. The zero-order valence-corrected chi connectivity index (χ0v) is 16.1. The Kier molecular flexibility index (Phi) is 6.34. The monoisotopic (exact) mass is 393 g/mol. The van der Waals surface area contributed by atoms with Gasteiger partial charge in [-0.05, 0) is 62.1 Å². The van der Waals surface area contributed by atoms with Gasteiger partial charge in [0.2, 0.25) is 10.0 Å². The summed E-state index contributed by atoms with van der Waals surface area (Å²) < 4.78 is 51.6. The molecule has 0 radical (unpaired) electrons. The minimum Gasteiger partial charge on any atom is -0.494 e. The summed E-state index contributed by atoms with van der Waals surface area (Å²) in [4.78, 5) is 0.270. The first kappa shape index (κ1) is 19.6. The Bertz CT molecular complexity index is 847. The van der Waals surface area contributed by atoms with Gasteiger partial charge >= 0.3 is 0 Å². The van der Waals surface area contributed by atoms with Gasteiger partial charge in [-0.15, -0.1) is 0 Å². The summed E-state index contributed by atoms with van der Waals surface area (Å²) in [6.45, 7) is 3.67. The first-order valence-electron chi connectivity index (χ1n) is 9.11. The molecule has 0 saturated carbocycles. The molecular formula is C20H24FNO4S. The first-order valence-corrected chi connectivity index (χ1v) is 10.5. The standard InChI is InChI=1S/C20H24FNO4S/c1-2-25-17-7-9-18(10-8-17)27(23,24)22-13-11-16(12-14-22)15-26-20-6-4-3-5-19(20)21/h3-10,16H,2,11-15H2,1H3. The van der Waals surface area contributed by atoms with Crippen molar-refractivity contribution in [3.63, 3.8) is 0 Å². The maximum Gasteiger partial charge on any atom is 0.243 e. The Labute approximate surface area is 159 Å². The molecule has 3 rings (SSSR count). The fourth-order valence-corrected chi connectivity index (χ4v) is 4.58. The van der Waals surface area contributed by atoms with Crippen molar-refractivity contribution in [1.82, 2.24) is 4.31 Å². The number of para-hydroxylation sites is 1. The normalized spacial score (nSPS) is 16.2. The van der Waals surface area contributed by atoms with Crippen molar-refractivity contribution in [2.24, 2.45) is 5.92 Å². The van der Waals surface area contributed by atoms with E-state index in [2.05, 4.69) is 0 Å². The second kappa shape index (κ2) is 8.71. The fraction of sp³-hybridized carbons (Fsp3) is 0.400. The van der Waals surface area contributed by atoms with Crippen LogP contribution in [0, 0.1) is 11.7 Å². The van der Waals surface area contributed by atoms with E-state index in [-0.39, 0.29) is 22.4 Å². The number of benzene rings is 2. The summed E-state index contributed by atoms with van der Waals surface area (Å²) in [6.07, 6.45) is 1.37. The van der Waals surface area contributed by atoms with Crippen LogP contribution in [-0.2, 0) is 10.0 Å². The highest BCUT2D eigenvalue weighted by atomic mass is 32.2. The minimum absolute atomic E-state index is 0.205. The van der Waals surface area contributed by atoms with Crippen molar-refractivity contribution in [1.29, 1.82) is 0 Å². The average molecular weight is 393 g/mol. The maximum atomic E-state index is 13.6. The predicted molar refractivity (Wildman–Crippen MR) is 101 cm³/mol. The van der Waals surface area contributed by atoms with Crippen molar-refractivity contribution < 1.29 is 22.3 Å². The van der Waals surface area contributed by atoms with E-state index in [9.17, 15) is 12.8 Å². The van der Waals surface area contributed by atoms with Crippen molar-refractivity contribution >= 4 is 10.0 Å². The third-order valence-electron chi connectivity index (χ3n) is 4.66. The second-order valence-electron chi connectivity index (χ2n) is 6.49. The third kappa shape index (κ3) is 4.78. The van der Waals surface area contributed by atoms with E-state index < -0.39 is 10.0 Å². The Morgan fingerprint density at radius 2 is 1.70 bits per heavy atom. The largest absolute Gasteiger partial charge is 0.494 e. The highest BCUT2D eigenvalue weighted by Gasteiger charge is 2.29. The molecule has 1 saturated heterocycles. The molecule has 1 aliphatic rings. The molecule has 2 aromatic carbocycles. The number of nitrogens with zero attached hydrogens (tertiary/aromatic N) is 1. The summed E-state index contributed by atoms with van der Waals surface area (Å²) in [5.41, 5.74) is 0. The van der Waals surface area contributed by atoms with Crippen LogP contribution in [0.4, 0.5) is 4.39 Å². The lowest BCUT2D eigenvalue weighted by atomic mass is 9.99. The van der Waals surface area contributed by atoms with E-state index in [1.165, 1.54) is 10.4 Å². The summed E-state index contributed by atoms with van der Waals surface area (Å²) in [7, 11) is -3.51. The van der Waals surface area contributed by atoms with Crippen LogP contribution in [0.5, 0.6) is 11.5 Å². The quantitative estimate of drug-likeness (QED) is 0.720. The second-order valence-corrected chi connectivity index (χ2v) is 8.43. The van der Waals surface area contributed by atoms with Gasteiger partial charge in [0.25, 0.3) is 0 Å². The summed E-state index contributed by atoms with van der Waals surface area (Å²) in [5, 5.41) is 0. The van der Waals surface area contributed by atoms with Gasteiger partial charge in [-0.1, -0.05) is 12.1 Å². The molecule has 1 heterocycles. The van der Waals surface area contributed by atoms with Gasteiger partial charge in [0.15, 0.2) is 11.6 Å². The van der Waals surface area contributed by atoms with Crippen molar-refractivity contribution in [3.05, 3.63) is 54.3 Å². The van der Waals surface area contributed by atoms with E-state index in [1.807, 2.05) is 6.92 Å². The maximum absolute atomic E-state index is 13.6. The zero-order chi connectivity index (χ0) is 19.3. The topological polar surface area (TPSA) is 55.8 Å². The summed E-state index contributed by atoms with van der Waals surface area (Å²) >= 11 is 0. The van der Waals surface area contributed by atoms with Gasteiger partial charge in [0, 0.05) is 13.1 Å². The van der Waals surface area contributed by atoms with Crippen LogP contribution in [0.3, 0.4) is 0 Å². The lowest BCUT2D eigenvalue weighted by molar-refractivity contribution is 0.181. The smallest absolute Gasteiger partial charge is 0.243 e. The number of sulfonamides is 1. The highest BCUT2D eigenvalue weighted by molar-refractivity contribution is 7.89. The molecule has 0 bridgehead atoms. The molecule has 7 heteroatoms. The van der Waals surface area contributed by atoms with E-state index in [0.29, 0.717) is 44.9 Å². The molecule has 1 fully saturated rings. The van der Waals surface area contributed by atoms with E-state index in [1.54, 1.807) is 42.5 Å². The van der Waals surface area contributed by atoms with Gasteiger partial charge in [-0.3, -0.25) is 0 Å². The number of halogens is 1. The van der Waals surface area contributed by atoms with Gasteiger partial charge in [-0.2, -0.15) is 4.31 Å². The van der Waals surface area contributed by atoms with E-state index >= 15 is 0 Å². The van der Waals surface area contributed by atoms with Crippen LogP contribution >= 0.6 is 0 Å². The molecule has 0 amide bonds. The fourth-order valence-electron chi connectivity index (χ4n) is 3.11. The first-order chi connectivity index (χ1) is 13.0. The SMILES string of the molecule is CCOc1ccc(S(=O)(=O)N2CCC(COc3ccccc3F)CC2)cc1. The number of ether oxygens (including phenoxy) is 2. The summed E-state index contributed by atoms with van der Waals surface area (Å²) in [5.74, 6) is 0.715. The minimum atomic E-state index is -3.51. The molecular weight excluding hydrogens is 369 g/mol. The molecule has 5 nitrogen and oxygen atoms in total. The third-order valence-corrected chi connectivity index (χ3v) is 6.57. The number of piperidine rings is 1. The zero-order valence-electron chi connectivity index (χ0n) is 15.3. The molecule has 0 atom stereocenters. The molecule has 1 aliphatic heterocycles. The lowest BCUT2D eigenvalue weighted by Gasteiger charge is -2.31. The number of hydrogen-bond acceptors (Lipinski definition) is 4. The van der Waals surface area contributed by atoms with Crippen molar-refractivity contribution in [2.45, 2.75) is 24.7 Å². The predicted octanol–water partition coefficient (Wildman–Crippen LogP) is 3.70. The van der Waals surface area contributed by atoms with Crippen molar-refractivity contribution in [3.8, 4) is 11.5 Å². The van der Waals surface area contributed by atoms with Gasteiger partial charge in [0.05, 0.1) is 18.1 Å². The Morgan fingerprint density at radius 1 is 1.04 bits per heavy atom. The van der Waals surface area contributed by atoms with Crippen LogP contribution in [0.25, 0.3) is 0 Å². The molecule has 0 aliphatic carbocycles. The lowest BCUT2D eigenvalue weighted by Crippen LogP contribution is -2.39. The Balaban J connectivity index is 1.55. The molecule has 0 unspecified atom stereocenters. The number of rotatable bonds is 7. The molecule has 27 heavy (non-hydrogen) atoms. The van der Waals surface area contributed by atoms with Crippen LogP contribution < -0.4 is 9.47 Å². The Morgan fingerprint density at radius 3 is 2.33 bits per heavy atom. The van der Waals surface area contributed by atoms with E-state index in [4.69, 9.17) is 9.47 Å². The molecule has 2 aromatic rings. The van der Waals surface area contributed by atoms with E-state index in [0.717, 1.165) is 0 Å². The average Bonchev–Trinajstić information content (AvgIpc) is 2.68. The van der Waals surface area contributed by atoms with Crippen LogP contribution in [-0.4, -0.2) is 39.0 Å². The number of hydrogen-bond donors (Lipinski definition) is 0.